The highest BCUT2D eigenvalue weighted by atomic mass is 32.2. The van der Waals surface area contributed by atoms with Crippen LogP contribution in [0.3, 0.4) is 0 Å². The molecule has 0 amide bonds. The van der Waals surface area contributed by atoms with Crippen LogP contribution in [0, 0.1) is 5.82 Å². The first-order valence-corrected chi connectivity index (χ1v) is 10.2. The molecule has 0 aromatic heterocycles. The molecule has 25 heavy (non-hydrogen) atoms. The zero-order chi connectivity index (χ0) is 19.0. The van der Waals surface area contributed by atoms with E-state index in [2.05, 4.69) is 15.6 Å². The van der Waals surface area contributed by atoms with Crippen LogP contribution < -0.4 is 10.6 Å². The van der Waals surface area contributed by atoms with E-state index in [1.165, 1.54) is 18.4 Å². The Morgan fingerprint density at radius 3 is 2.56 bits per heavy atom. The van der Waals surface area contributed by atoms with Crippen molar-refractivity contribution in [3.8, 4) is 0 Å². The summed E-state index contributed by atoms with van der Waals surface area (Å²) >= 11 is 0. The SMILES string of the molecule is CN=C(NCC(c1cccc(F)c1)N(C)C)NC(C)CCS(C)(=O)=O. The van der Waals surface area contributed by atoms with Crippen molar-refractivity contribution in [3.05, 3.63) is 35.6 Å². The zero-order valence-corrected chi connectivity index (χ0v) is 16.4. The van der Waals surface area contributed by atoms with Crippen molar-refractivity contribution in [2.75, 3.05) is 39.7 Å². The Morgan fingerprint density at radius 2 is 2.04 bits per heavy atom. The second-order valence-corrected chi connectivity index (χ2v) is 8.71. The van der Waals surface area contributed by atoms with Gasteiger partial charge in [-0.15, -0.1) is 0 Å². The maximum Gasteiger partial charge on any atom is 0.191 e. The standard InChI is InChI=1S/C17H29FN4O2S/c1-13(9-10-25(5,23)24)21-17(19-2)20-12-16(22(3)4)14-7-6-8-15(18)11-14/h6-8,11,13,16H,9-10,12H2,1-5H3,(H2,19,20,21). The van der Waals surface area contributed by atoms with Gasteiger partial charge in [-0.1, -0.05) is 12.1 Å². The number of aliphatic imine (C=N–C) groups is 1. The number of hydrogen-bond acceptors (Lipinski definition) is 4. The number of benzene rings is 1. The molecular weight excluding hydrogens is 343 g/mol. The van der Waals surface area contributed by atoms with Gasteiger partial charge in [-0.05, 0) is 45.1 Å². The van der Waals surface area contributed by atoms with Gasteiger partial charge in [0.05, 0.1) is 11.8 Å². The average Bonchev–Trinajstić information content (AvgIpc) is 2.51. The summed E-state index contributed by atoms with van der Waals surface area (Å²) in [4.78, 5) is 6.17. The van der Waals surface area contributed by atoms with Crippen LogP contribution in [-0.4, -0.2) is 65.0 Å². The number of guanidine groups is 1. The average molecular weight is 373 g/mol. The molecule has 6 nitrogen and oxygen atoms in total. The lowest BCUT2D eigenvalue weighted by Crippen LogP contribution is -2.45. The Labute approximate surface area is 150 Å². The zero-order valence-electron chi connectivity index (χ0n) is 15.6. The van der Waals surface area contributed by atoms with E-state index in [1.54, 1.807) is 13.1 Å². The first-order chi connectivity index (χ1) is 11.6. The van der Waals surface area contributed by atoms with E-state index < -0.39 is 9.84 Å². The molecule has 0 spiro atoms. The summed E-state index contributed by atoms with van der Waals surface area (Å²) in [7, 11) is 2.54. The molecule has 0 saturated carbocycles. The molecule has 0 bridgehead atoms. The second kappa shape index (κ2) is 9.72. The quantitative estimate of drug-likeness (QED) is 0.533. The smallest absolute Gasteiger partial charge is 0.191 e. The highest BCUT2D eigenvalue weighted by Gasteiger charge is 2.16. The lowest BCUT2D eigenvalue weighted by atomic mass is 10.1. The van der Waals surface area contributed by atoms with E-state index in [-0.39, 0.29) is 23.7 Å². The fraction of sp³-hybridized carbons (Fsp3) is 0.588. The lowest BCUT2D eigenvalue weighted by molar-refractivity contribution is 0.297. The lowest BCUT2D eigenvalue weighted by Gasteiger charge is -2.26. The van der Waals surface area contributed by atoms with Crippen LogP contribution in [0.5, 0.6) is 0 Å². The topological polar surface area (TPSA) is 73.8 Å². The number of likely N-dealkylation sites (N-methyl/N-ethyl adjacent to an activating group) is 1. The van der Waals surface area contributed by atoms with Crippen molar-refractivity contribution in [2.45, 2.75) is 25.4 Å². The molecular formula is C17H29FN4O2S. The molecule has 2 atom stereocenters. The van der Waals surface area contributed by atoms with Crippen LogP contribution in [0.2, 0.25) is 0 Å². The number of halogens is 1. The maximum atomic E-state index is 13.5. The molecule has 1 aromatic rings. The third kappa shape index (κ3) is 8.31. The third-order valence-electron chi connectivity index (χ3n) is 3.85. The molecule has 0 heterocycles. The predicted molar refractivity (Wildman–Crippen MR) is 101 cm³/mol. The summed E-state index contributed by atoms with van der Waals surface area (Å²) in [6.45, 7) is 2.45. The molecule has 1 rings (SSSR count). The predicted octanol–water partition coefficient (Wildman–Crippen LogP) is 1.42. The van der Waals surface area contributed by atoms with Gasteiger partial charge < -0.3 is 15.5 Å². The third-order valence-corrected chi connectivity index (χ3v) is 4.83. The molecule has 0 radical (unpaired) electrons. The van der Waals surface area contributed by atoms with Crippen LogP contribution in [0.15, 0.2) is 29.3 Å². The van der Waals surface area contributed by atoms with Gasteiger partial charge in [0.15, 0.2) is 5.96 Å². The molecule has 8 heteroatoms. The van der Waals surface area contributed by atoms with Crippen LogP contribution in [0.4, 0.5) is 4.39 Å². The van der Waals surface area contributed by atoms with Crippen molar-refractivity contribution < 1.29 is 12.8 Å². The van der Waals surface area contributed by atoms with Gasteiger partial charge in [0.2, 0.25) is 0 Å². The van der Waals surface area contributed by atoms with E-state index in [0.717, 1.165) is 5.56 Å². The fourth-order valence-corrected chi connectivity index (χ4v) is 3.18. The first kappa shape index (κ1) is 21.4. The van der Waals surface area contributed by atoms with E-state index in [1.807, 2.05) is 32.0 Å². The van der Waals surface area contributed by atoms with Gasteiger partial charge >= 0.3 is 0 Å². The van der Waals surface area contributed by atoms with Crippen molar-refractivity contribution >= 4 is 15.8 Å². The number of rotatable bonds is 8. The van der Waals surface area contributed by atoms with Crippen LogP contribution >= 0.6 is 0 Å². The summed E-state index contributed by atoms with van der Waals surface area (Å²) in [6.07, 6.45) is 1.73. The summed E-state index contributed by atoms with van der Waals surface area (Å²) in [5.74, 6) is 0.451. The highest BCUT2D eigenvalue weighted by molar-refractivity contribution is 7.90. The normalized spacial score (nSPS) is 15.1. The fourth-order valence-electron chi connectivity index (χ4n) is 2.40. The van der Waals surface area contributed by atoms with Gasteiger partial charge in [-0.3, -0.25) is 4.99 Å². The summed E-state index contributed by atoms with van der Waals surface area (Å²) in [5.41, 5.74) is 0.873. The number of sulfone groups is 1. The van der Waals surface area contributed by atoms with Gasteiger partial charge in [0, 0.05) is 25.9 Å². The molecule has 0 saturated heterocycles. The largest absolute Gasteiger partial charge is 0.354 e. The minimum absolute atomic E-state index is 0.0272. The molecule has 0 aliphatic rings. The Bertz CT molecular complexity index is 677. The van der Waals surface area contributed by atoms with E-state index >= 15 is 0 Å². The second-order valence-electron chi connectivity index (χ2n) is 6.45. The monoisotopic (exact) mass is 372 g/mol. The summed E-state index contributed by atoms with van der Waals surface area (Å²) < 4.78 is 36.0. The van der Waals surface area contributed by atoms with E-state index in [9.17, 15) is 12.8 Å². The maximum absolute atomic E-state index is 13.5. The Hall–Kier alpha value is -1.67. The summed E-state index contributed by atoms with van der Waals surface area (Å²) in [6, 6.07) is 6.47. The van der Waals surface area contributed by atoms with Crippen LogP contribution in [-0.2, 0) is 9.84 Å². The minimum Gasteiger partial charge on any atom is -0.354 e. The van der Waals surface area contributed by atoms with Crippen molar-refractivity contribution in [1.29, 1.82) is 0 Å². The van der Waals surface area contributed by atoms with Gasteiger partial charge in [-0.25, -0.2) is 12.8 Å². The molecule has 2 N–H and O–H groups in total. The van der Waals surface area contributed by atoms with Gasteiger partial charge in [0.25, 0.3) is 0 Å². The van der Waals surface area contributed by atoms with Gasteiger partial charge in [0.1, 0.15) is 15.7 Å². The molecule has 142 valence electrons. The van der Waals surface area contributed by atoms with Crippen LogP contribution in [0.25, 0.3) is 0 Å². The van der Waals surface area contributed by atoms with E-state index in [4.69, 9.17) is 0 Å². The number of hydrogen-bond donors (Lipinski definition) is 2. The summed E-state index contributed by atoms with van der Waals surface area (Å²) in [5, 5.41) is 6.40. The van der Waals surface area contributed by atoms with Crippen molar-refractivity contribution in [2.24, 2.45) is 4.99 Å². The molecule has 0 fully saturated rings. The van der Waals surface area contributed by atoms with Crippen molar-refractivity contribution in [1.82, 2.24) is 15.5 Å². The highest BCUT2D eigenvalue weighted by Crippen LogP contribution is 2.18. The number of nitrogens with one attached hydrogen (secondary N) is 2. The Kier molecular flexibility index (Phi) is 8.31. The first-order valence-electron chi connectivity index (χ1n) is 8.19. The van der Waals surface area contributed by atoms with Crippen molar-refractivity contribution in [3.63, 3.8) is 0 Å². The molecule has 1 aromatic carbocycles. The minimum atomic E-state index is -2.98. The number of nitrogens with zero attached hydrogens (tertiary/aromatic N) is 2. The Balaban J connectivity index is 2.64. The molecule has 0 aliphatic heterocycles. The molecule has 2 unspecified atom stereocenters. The van der Waals surface area contributed by atoms with E-state index in [0.29, 0.717) is 18.9 Å². The molecule has 0 aliphatic carbocycles. The Morgan fingerprint density at radius 1 is 1.36 bits per heavy atom. The van der Waals surface area contributed by atoms with Gasteiger partial charge in [-0.2, -0.15) is 0 Å². The van der Waals surface area contributed by atoms with Crippen LogP contribution in [0.1, 0.15) is 24.9 Å².